The molecule has 1 atom stereocenters. The Morgan fingerprint density at radius 2 is 1.19 bits per heavy atom. The normalized spacial score (nSPS) is 12.1. The fourth-order valence-corrected chi connectivity index (χ4v) is 5.25. The van der Waals surface area contributed by atoms with Gasteiger partial charge >= 0.3 is 0 Å². The highest BCUT2D eigenvalue weighted by molar-refractivity contribution is 5.86. The molecule has 1 amide bonds. The van der Waals surface area contributed by atoms with Crippen LogP contribution in [0, 0.1) is 0 Å². The summed E-state index contributed by atoms with van der Waals surface area (Å²) >= 11 is 0. The summed E-state index contributed by atoms with van der Waals surface area (Å²) in [6, 6.07) is 39.9. The first-order chi connectivity index (χ1) is 17.7. The molecule has 1 unspecified atom stereocenters. The molecule has 3 heteroatoms. The Kier molecular flexibility index (Phi) is 7.28. The van der Waals surface area contributed by atoms with E-state index in [4.69, 9.17) is 0 Å². The van der Waals surface area contributed by atoms with E-state index in [-0.39, 0.29) is 17.7 Å². The van der Waals surface area contributed by atoms with Crippen molar-refractivity contribution in [3.05, 3.63) is 144 Å². The second kappa shape index (κ2) is 11.1. The zero-order chi connectivity index (χ0) is 24.7. The third-order valence-electron chi connectivity index (χ3n) is 7.05. The van der Waals surface area contributed by atoms with Gasteiger partial charge in [0, 0.05) is 48.9 Å². The maximum absolute atomic E-state index is 13.3. The number of amides is 1. The van der Waals surface area contributed by atoms with Crippen molar-refractivity contribution in [2.75, 3.05) is 6.54 Å². The van der Waals surface area contributed by atoms with Crippen LogP contribution in [0.15, 0.2) is 121 Å². The Hall–Kier alpha value is -4.11. The second-order valence-corrected chi connectivity index (χ2v) is 9.39. The topological polar surface area (TPSA) is 34.0 Å². The van der Waals surface area contributed by atoms with E-state index in [1.807, 2.05) is 18.2 Å². The highest BCUT2D eigenvalue weighted by Gasteiger charge is 2.22. The molecule has 1 aromatic heterocycles. The van der Waals surface area contributed by atoms with Crippen LogP contribution in [0.25, 0.3) is 10.9 Å². The van der Waals surface area contributed by atoms with Crippen molar-refractivity contribution in [1.29, 1.82) is 0 Å². The summed E-state index contributed by atoms with van der Waals surface area (Å²) in [5.74, 6) is 0.323. The monoisotopic (exact) mass is 472 g/mol. The van der Waals surface area contributed by atoms with Crippen molar-refractivity contribution in [2.45, 2.75) is 24.7 Å². The molecule has 5 aromatic rings. The number of hydrogen-bond acceptors (Lipinski definition) is 1. The molecular weight excluding hydrogens is 440 g/mol. The number of rotatable bonds is 9. The zero-order valence-electron chi connectivity index (χ0n) is 20.7. The van der Waals surface area contributed by atoms with E-state index in [1.165, 1.54) is 27.6 Å². The highest BCUT2D eigenvalue weighted by Crippen LogP contribution is 2.34. The van der Waals surface area contributed by atoms with Gasteiger partial charge in [0.15, 0.2) is 0 Å². The zero-order valence-corrected chi connectivity index (χ0v) is 20.7. The predicted octanol–water partition coefficient (Wildman–Crippen LogP) is 7.04. The van der Waals surface area contributed by atoms with Crippen LogP contribution < -0.4 is 5.32 Å². The van der Waals surface area contributed by atoms with E-state index >= 15 is 0 Å². The second-order valence-electron chi connectivity index (χ2n) is 9.39. The van der Waals surface area contributed by atoms with Gasteiger partial charge in [0.2, 0.25) is 5.91 Å². The van der Waals surface area contributed by atoms with Crippen LogP contribution in [-0.4, -0.2) is 17.0 Å². The third-order valence-corrected chi connectivity index (χ3v) is 7.05. The molecule has 0 aliphatic heterocycles. The standard InChI is InChI=1S/C33H32N2O/c1-35-24-31(29-19-11-12-20-32(29)35)30(27-17-9-4-10-18-27)23-33(36)34-22-21-28(25-13-5-2-6-14-25)26-15-7-3-8-16-26/h2-20,24,28,30H,21-23H2,1H3,(H,34,36). The van der Waals surface area contributed by atoms with E-state index in [9.17, 15) is 4.79 Å². The van der Waals surface area contributed by atoms with Gasteiger partial charge in [-0.25, -0.2) is 0 Å². The molecule has 3 nitrogen and oxygen atoms in total. The maximum atomic E-state index is 13.3. The van der Waals surface area contributed by atoms with Gasteiger partial charge in [0.05, 0.1) is 0 Å². The first-order valence-corrected chi connectivity index (χ1v) is 12.7. The molecule has 180 valence electrons. The number of hydrogen-bond donors (Lipinski definition) is 1. The molecule has 0 aliphatic carbocycles. The largest absolute Gasteiger partial charge is 0.356 e. The van der Waals surface area contributed by atoms with E-state index < -0.39 is 0 Å². The molecule has 1 N–H and O–H groups in total. The minimum Gasteiger partial charge on any atom is -0.356 e. The van der Waals surface area contributed by atoms with Crippen LogP contribution in [0.3, 0.4) is 0 Å². The summed E-state index contributed by atoms with van der Waals surface area (Å²) in [6.07, 6.45) is 3.44. The van der Waals surface area contributed by atoms with Crippen LogP contribution in [-0.2, 0) is 11.8 Å². The van der Waals surface area contributed by atoms with Crippen LogP contribution in [0.1, 0.15) is 46.9 Å². The summed E-state index contributed by atoms with van der Waals surface area (Å²) in [4.78, 5) is 13.3. The van der Waals surface area contributed by atoms with Crippen LogP contribution in [0.4, 0.5) is 0 Å². The number of fused-ring (bicyclic) bond motifs is 1. The Bertz CT molecular complexity index is 1370. The molecule has 0 spiro atoms. The number of carbonyl (C=O) groups excluding carboxylic acids is 1. The van der Waals surface area contributed by atoms with Gasteiger partial charge in [-0.15, -0.1) is 0 Å². The predicted molar refractivity (Wildman–Crippen MR) is 148 cm³/mol. The molecule has 5 rings (SSSR count). The van der Waals surface area contributed by atoms with E-state index in [2.05, 4.69) is 120 Å². The lowest BCUT2D eigenvalue weighted by Crippen LogP contribution is -2.27. The van der Waals surface area contributed by atoms with Gasteiger partial charge in [0.25, 0.3) is 0 Å². The SMILES string of the molecule is Cn1cc(C(CC(=O)NCCC(c2ccccc2)c2ccccc2)c2ccccc2)c2ccccc21. The first kappa shape index (κ1) is 23.6. The molecule has 0 bridgehead atoms. The van der Waals surface area contributed by atoms with Crippen LogP contribution in [0.2, 0.25) is 0 Å². The molecule has 4 aromatic carbocycles. The summed E-state index contributed by atoms with van der Waals surface area (Å²) in [7, 11) is 2.07. The first-order valence-electron chi connectivity index (χ1n) is 12.7. The molecule has 36 heavy (non-hydrogen) atoms. The number of nitrogens with one attached hydrogen (secondary N) is 1. The summed E-state index contributed by atoms with van der Waals surface area (Å²) in [5.41, 5.74) is 6.09. The molecule has 0 fully saturated rings. The fourth-order valence-electron chi connectivity index (χ4n) is 5.25. The van der Waals surface area contributed by atoms with Crippen molar-refractivity contribution in [2.24, 2.45) is 7.05 Å². The lowest BCUT2D eigenvalue weighted by Gasteiger charge is -2.20. The van der Waals surface area contributed by atoms with Crippen molar-refractivity contribution in [1.82, 2.24) is 9.88 Å². The van der Waals surface area contributed by atoms with E-state index in [0.29, 0.717) is 13.0 Å². The Balaban J connectivity index is 1.33. The van der Waals surface area contributed by atoms with Crippen molar-refractivity contribution >= 4 is 16.8 Å². The minimum atomic E-state index is -0.00339. The number of carbonyl (C=O) groups is 1. The van der Waals surface area contributed by atoms with Gasteiger partial charge in [-0.2, -0.15) is 0 Å². The Morgan fingerprint density at radius 3 is 1.78 bits per heavy atom. The van der Waals surface area contributed by atoms with E-state index in [1.54, 1.807) is 0 Å². The quantitative estimate of drug-likeness (QED) is 0.245. The molecule has 1 heterocycles. The van der Waals surface area contributed by atoms with Crippen molar-refractivity contribution in [3.8, 4) is 0 Å². The number of aromatic nitrogens is 1. The summed E-state index contributed by atoms with van der Waals surface area (Å²) < 4.78 is 2.16. The average Bonchev–Trinajstić information content (AvgIpc) is 3.27. The summed E-state index contributed by atoms with van der Waals surface area (Å²) in [6.45, 7) is 0.629. The average molecular weight is 473 g/mol. The highest BCUT2D eigenvalue weighted by atomic mass is 16.1. The Labute approximate surface area is 213 Å². The fraction of sp³-hybridized carbons (Fsp3) is 0.182. The third kappa shape index (κ3) is 5.26. The minimum absolute atomic E-state index is 0.00339. The van der Waals surface area contributed by atoms with Gasteiger partial charge < -0.3 is 9.88 Å². The van der Waals surface area contributed by atoms with Crippen LogP contribution >= 0.6 is 0 Å². The van der Waals surface area contributed by atoms with Crippen LogP contribution in [0.5, 0.6) is 0 Å². The van der Waals surface area contributed by atoms with Gasteiger partial charge in [-0.3, -0.25) is 4.79 Å². The van der Waals surface area contributed by atoms with E-state index in [0.717, 1.165) is 12.0 Å². The van der Waals surface area contributed by atoms with Gasteiger partial charge in [0.1, 0.15) is 0 Å². The Morgan fingerprint density at radius 1 is 0.694 bits per heavy atom. The molecule has 0 saturated carbocycles. The lowest BCUT2D eigenvalue weighted by atomic mass is 9.87. The molecule has 0 saturated heterocycles. The van der Waals surface area contributed by atoms with Gasteiger partial charge in [-0.1, -0.05) is 109 Å². The van der Waals surface area contributed by atoms with Gasteiger partial charge in [-0.05, 0) is 34.7 Å². The number of nitrogens with zero attached hydrogens (tertiary/aromatic N) is 1. The number of benzene rings is 4. The number of aryl methyl sites for hydroxylation is 1. The van der Waals surface area contributed by atoms with Crippen molar-refractivity contribution < 1.29 is 4.79 Å². The van der Waals surface area contributed by atoms with Crippen molar-refractivity contribution in [3.63, 3.8) is 0 Å². The molecule has 0 radical (unpaired) electrons. The lowest BCUT2D eigenvalue weighted by molar-refractivity contribution is -0.121. The number of para-hydroxylation sites is 1. The maximum Gasteiger partial charge on any atom is 0.220 e. The molecular formula is C33H32N2O. The summed E-state index contributed by atoms with van der Waals surface area (Å²) in [5, 5.41) is 4.44. The molecule has 0 aliphatic rings. The smallest absolute Gasteiger partial charge is 0.220 e.